The van der Waals surface area contributed by atoms with Crippen molar-refractivity contribution in [3.63, 3.8) is 0 Å². The van der Waals surface area contributed by atoms with Crippen LogP contribution in [0.15, 0.2) is 0 Å². The van der Waals surface area contributed by atoms with Gasteiger partial charge in [0.15, 0.2) is 0 Å². The van der Waals surface area contributed by atoms with Gasteiger partial charge >= 0.3 is 0 Å². The van der Waals surface area contributed by atoms with Crippen molar-refractivity contribution in [2.45, 2.75) is 46.6 Å². The van der Waals surface area contributed by atoms with Gasteiger partial charge in [0.25, 0.3) is 0 Å². The van der Waals surface area contributed by atoms with Crippen molar-refractivity contribution in [1.82, 2.24) is 4.90 Å². The molecule has 4 unspecified atom stereocenters. The Labute approximate surface area is 98.8 Å². The molecule has 1 amide bonds. The zero-order chi connectivity index (χ0) is 12.3. The number of carbonyl (C=O) groups is 1. The summed E-state index contributed by atoms with van der Waals surface area (Å²) < 4.78 is 0. The number of aliphatic hydroxyl groups is 1. The van der Waals surface area contributed by atoms with E-state index in [-0.39, 0.29) is 17.9 Å². The molecule has 1 aliphatic heterocycles. The van der Waals surface area contributed by atoms with Crippen molar-refractivity contribution in [3.05, 3.63) is 0 Å². The molecule has 0 spiro atoms. The minimum Gasteiger partial charge on any atom is -0.391 e. The van der Waals surface area contributed by atoms with Crippen LogP contribution in [-0.4, -0.2) is 35.1 Å². The number of hydrogen-bond acceptors (Lipinski definition) is 2. The summed E-state index contributed by atoms with van der Waals surface area (Å²) in [5.41, 5.74) is 0. The van der Waals surface area contributed by atoms with Gasteiger partial charge < -0.3 is 10.0 Å². The van der Waals surface area contributed by atoms with E-state index in [9.17, 15) is 9.90 Å². The lowest BCUT2D eigenvalue weighted by molar-refractivity contribution is -0.140. The average Bonchev–Trinajstić information content (AvgIpc) is 2.29. The fourth-order valence-corrected chi connectivity index (χ4v) is 2.13. The molecule has 1 rings (SSSR count). The van der Waals surface area contributed by atoms with Gasteiger partial charge in [-0.3, -0.25) is 4.79 Å². The summed E-state index contributed by atoms with van der Waals surface area (Å²) in [6.45, 7) is 9.59. The van der Waals surface area contributed by atoms with E-state index in [2.05, 4.69) is 13.8 Å². The fraction of sp³-hybridized carbons (Fsp3) is 0.923. The molecule has 0 aromatic carbocycles. The molecule has 3 nitrogen and oxygen atoms in total. The Kier molecular flexibility index (Phi) is 4.78. The Morgan fingerprint density at radius 3 is 2.62 bits per heavy atom. The van der Waals surface area contributed by atoms with Crippen molar-refractivity contribution in [3.8, 4) is 0 Å². The first kappa shape index (κ1) is 13.5. The van der Waals surface area contributed by atoms with Crippen LogP contribution in [0, 0.1) is 17.8 Å². The molecule has 16 heavy (non-hydrogen) atoms. The highest BCUT2D eigenvalue weighted by atomic mass is 16.3. The predicted molar refractivity (Wildman–Crippen MR) is 65.0 cm³/mol. The van der Waals surface area contributed by atoms with Gasteiger partial charge in [0, 0.05) is 19.0 Å². The Bertz CT molecular complexity index is 242. The van der Waals surface area contributed by atoms with Gasteiger partial charge in [0.2, 0.25) is 5.91 Å². The van der Waals surface area contributed by atoms with Crippen LogP contribution in [0.3, 0.4) is 0 Å². The first-order valence-corrected chi connectivity index (χ1v) is 6.44. The van der Waals surface area contributed by atoms with Crippen LogP contribution in [0.1, 0.15) is 40.5 Å². The number of piperidine rings is 1. The number of aliphatic hydroxyl groups excluding tert-OH is 1. The predicted octanol–water partition coefficient (Wildman–Crippen LogP) is 1.90. The Balaban J connectivity index is 2.55. The van der Waals surface area contributed by atoms with Crippen LogP contribution in [0.4, 0.5) is 0 Å². The second kappa shape index (κ2) is 5.67. The molecular formula is C13H25NO2. The third-order valence-corrected chi connectivity index (χ3v) is 4.12. The number of likely N-dealkylation sites (tertiary alicyclic amines) is 1. The van der Waals surface area contributed by atoms with Crippen molar-refractivity contribution >= 4 is 5.91 Å². The zero-order valence-corrected chi connectivity index (χ0v) is 10.9. The molecule has 1 saturated heterocycles. The van der Waals surface area contributed by atoms with Crippen LogP contribution in [-0.2, 0) is 4.79 Å². The van der Waals surface area contributed by atoms with E-state index < -0.39 is 0 Å². The second-order valence-corrected chi connectivity index (χ2v) is 5.29. The third-order valence-electron chi connectivity index (χ3n) is 4.12. The summed E-state index contributed by atoms with van der Waals surface area (Å²) in [6.07, 6.45) is 1.60. The standard InChI is InChI=1S/C13H25NO2/c1-5-9(2)11(4)13(16)14-7-6-10(3)12(15)8-14/h9-12,15H,5-8H2,1-4H3. The third kappa shape index (κ3) is 2.97. The van der Waals surface area contributed by atoms with Crippen molar-refractivity contribution in [2.24, 2.45) is 17.8 Å². The van der Waals surface area contributed by atoms with Crippen LogP contribution >= 0.6 is 0 Å². The van der Waals surface area contributed by atoms with Crippen LogP contribution < -0.4 is 0 Å². The normalized spacial score (nSPS) is 29.9. The van der Waals surface area contributed by atoms with Crippen molar-refractivity contribution in [2.75, 3.05) is 13.1 Å². The maximum atomic E-state index is 12.2. The second-order valence-electron chi connectivity index (χ2n) is 5.29. The lowest BCUT2D eigenvalue weighted by Crippen LogP contribution is -2.48. The Morgan fingerprint density at radius 2 is 2.12 bits per heavy atom. The highest BCUT2D eigenvalue weighted by molar-refractivity contribution is 5.78. The van der Waals surface area contributed by atoms with E-state index in [4.69, 9.17) is 0 Å². The van der Waals surface area contributed by atoms with Crippen molar-refractivity contribution < 1.29 is 9.90 Å². The molecule has 94 valence electrons. The minimum absolute atomic E-state index is 0.0746. The molecule has 0 aliphatic carbocycles. The van der Waals surface area contributed by atoms with E-state index >= 15 is 0 Å². The number of rotatable bonds is 3. The number of amides is 1. The van der Waals surface area contributed by atoms with Gasteiger partial charge in [-0.2, -0.15) is 0 Å². The highest BCUT2D eigenvalue weighted by Crippen LogP contribution is 2.22. The Morgan fingerprint density at radius 1 is 1.50 bits per heavy atom. The summed E-state index contributed by atoms with van der Waals surface area (Å²) in [7, 11) is 0. The molecule has 1 aliphatic rings. The molecule has 0 saturated carbocycles. The maximum Gasteiger partial charge on any atom is 0.225 e. The lowest BCUT2D eigenvalue weighted by atomic mass is 9.90. The maximum absolute atomic E-state index is 12.2. The first-order chi connectivity index (χ1) is 7.47. The van der Waals surface area contributed by atoms with E-state index in [1.165, 1.54) is 0 Å². The van der Waals surface area contributed by atoms with E-state index in [1.54, 1.807) is 0 Å². The van der Waals surface area contributed by atoms with Gasteiger partial charge in [-0.05, 0) is 18.3 Å². The molecular weight excluding hydrogens is 202 g/mol. The lowest BCUT2D eigenvalue weighted by Gasteiger charge is -2.36. The summed E-state index contributed by atoms with van der Waals surface area (Å²) in [4.78, 5) is 14.0. The van der Waals surface area contributed by atoms with E-state index in [0.29, 0.717) is 18.4 Å². The largest absolute Gasteiger partial charge is 0.391 e. The van der Waals surface area contributed by atoms with Gasteiger partial charge in [-0.15, -0.1) is 0 Å². The number of β-amino-alcohol motifs (C(OH)–C–C–N with tert-alkyl or cyclic N) is 1. The molecule has 0 aromatic rings. The van der Waals surface area contributed by atoms with Crippen LogP contribution in [0.2, 0.25) is 0 Å². The number of nitrogens with zero attached hydrogens (tertiary/aromatic N) is 1. The first-order valence-electron chi connectivity index (χ1n) is 6.44. The van der Waals surface area contributed by atoms with Gasteiger partial charge in [-0.1, -0.05) is 34.1 Å². The molecule has 1 N–H and O–H groups in total. The molecule has 0 radical (unpaired) electrons. The fourth-order valence-electron chi connectivity index (χ4n) is 2.13. The molecule has 1 fully saturated rings. The van der Waals surface area contributed by atoms with Crippen molar-refractivity contribution in [1.29, 1.82) is 0 Å². The molecule has 0 aromatic heterocycles. The molecule has 1 heterocycles. The van der Waals surface area contributed by atoms with Gasteiger partial charge in [-0.25, -0.2) is 0 Å². The number of hydrogen-bond donors (Lipinski definition) is 1. The monoisotopic (exact) mass is 227 g/mol. The van der Waals surface area contributed by atoms with Gasteiger partial charge in [0.05, 0.1) is 6.10 Å². The minimum atomic E-state index is -0.346. The van der Waals surface area contributed by atoms with E-state index in [0.717, 1.165) is 19.4 Å². The smallest absolute Gasteiger partial charge is 0.225 e. The quantitative estimate of drug-likeness (QED) is 0.800. The van der Waals surface area contributed by atoms with Crippen LogP contribution in [0.25, 0.3) is 0 Å². The molecule has 3 heteroatoms. The van der Waals surface area contributed by atoms with Gasteiger partial charge in [0.1, 0.15) is 0 Å². The topological polar surface area (TPSA) is 40.5 Å². The highest BCUT2D eigenvalue weighted by Gasteiger charge is 2.30. The summed E-state index contributed by atoms with van der Waals surface area (Å²) in [6, 6.07) is 0. The number of carbonyl (C=O) groups excluding carboxylic acids is 1. The van der Waals surface area contributed by atoms with E-state index in [1.807, 2.05) is 18.7 Å². The molecule has 4 atom stereocenters. The SMILES string of the molecule is CCC(C)C(C)C(=O)N1CCC(C)C(O)C1. The zero-order valence-electron chi connectivity index (χ0n) is 10.9. The van der Waals surface area contributed by atoms with Crippen LogP contribution in [0.5, 0.6) is 0 Å². The molecule has 0 bridgehead atoms. The summed E-state index contributed by atoms with van der Waals surface area (Å²) in [5, 5.41) is 9.78. The summed E-state index contributed by atoms with van der Waals surface area (Å²) in [5.74, 6) is 1.03. The Hall–Kier alpha value is -0.570. The summed E-state index contributed by atoms with van der Waals surface area (Å²) >= 11 is 0. The average molecular weight is 227 g/mol.